The normalized spacial score (nSPS) is 15.5. The van der Waals surface area contributed by atoms with Crippen molar-refractivity contribution in [1.82, 2.24) is 9.29 Å². The van der Waals surface area contributed by atoms with Gasteiger partial charge in [-0.1, -0.05) is 43.5 Å². The first kappa shape index (κ1) is 31.3. The summed E-state index contributed by atoms with van der Waals surface area (Å²) in [6.07, 6.45) is 13.1. The minimum absolute atomic E-state index is 0.0146. The predicted octanol–water partition coefficient (Wildman–Crippen LogP) is 7.24. The number of Topliss-reactive ketones (excluding diaryl/α,β-unsaturated/α-hetero) is 1. The van der Waals surface area contributed by atoms with Crippen molar-refractivity contribution >= 4 is 38.7 Å². The van der Waals surface area contributed by atoms with Gasteiger partial charge in [-0.3, -0.25) is 14.6 Å². The van der Waals surface area contributed by atoms with Gasteiger partial charge in [-0.05, 0) is 98.0 Å². The highest BCUT2D eigenvalue weighted by molar-refractivity contribution is 7.89. The van der Waals surface area contributed by atoms with Crippen LogP contribution in [-0.2, 0) is 35.7 Å². The molecule has 2 heterocycles. The number of carbonyl (C=O) groups is 2. The van der Waals surface area contributed by atoms with Crippen molar-refractivity contribution in [3.05, 3.63) is 111 Å². The van der Waals surface area contributed by atoms with E-state index in [0.717, 1.165) is 80.2 Å². The highest BCUT2D eigenvalue weighted by Gasteiger charge is 2.30. The molecule has 2 aromatic heterocycles. The number of nitrogens with zero attached hydrogens (tertiary/aromatic N) is 2. The number of fused-ring (bicyclic) bond motifs is 1. The van der Waals surface area contributed by atoms with E-state index in [1.807, 2.05) is 36.4 Å². The number of carbonyl (C=O) groups excluding carboxylic acids is 2. The first-order valence-corrected chi connectivity index (χ1v) is 18.1. The molecule has 9 heteroatoms. The topological polar surface area (TPSA) is 96.4 Å². The van der Waals surface area contributed by atoms with Gasteiger partial charge < -0.3 is 5.32 Å². The lowest BCUT2D eigenvalue weighted by Gasteiger charge is -2.30. The maximum Gasteiger partial charge on any atom is 0.257 e. The molecule has 0 aliphatic heterocycles. The van der Waals surface area contributed by atoms with Crippen molar-refractivity contribution in [2.75, 3.05) is 12.4 Å². The Kier molecular flexibility index (Phi) is 9.58. The summed E-state index contributed by atoms with van der Waals surface area (Å²) in [7, 11) is -2.08. The Morgan fingerprint density at radius 1 is 0.911 bits per heavy atom. The van der Waals surface area contributed by atoms with Gasteiger partial charge in [0, 0.05) is 52.9 Å². The fourth-order valence-corrected chi connectivity index (χ4v) is 9.39. The van der Waals surface area contributed by atoms with Crippen LogP contribution in [0.2, 0.25) is 0 Å². The zero-order valence-electron chi connectivity index (χ0n) is 25.6. The van der Waals surface area contributed by atoms with Crippen molar-refractivity contribution < 1.29 is 18.0 Å². The number of rotatable bonds is 10. The number of aromatic nitrogens is 1. The Bertz CT molecular complexity index is 1780. The van der Waals surface area contributed by atoms with E-state index < -0.39 is 10.0 Å². The van der Waals surface area contributed by atoms with Crippen LogP contribution in [0.3, 0.4) is 0 Å². The Labute approximate surface area is 269 Å². The van der Waals surface area contributed by atoms with Crippen molar-refractivity contribution in [3.8, 4) is 0 Å². The Morgan fingerprint density at radius 2 is 1.62 bits per heavy atom. The first-order chi connectivity index (χ1) is 21.8. The van der Waals surface area contributed by atoms with Crippen molar-refractivity contribution in [1.29, 1.82) is 0 Å². The third-order valence-electron chi connectivity index (χ3n) is 9.08. The fourth-order valence-electron chi connectivity index (χ4n) is 6.53. The third kappa shape index (κ3) is 7.11. The van der Waals surface area contributed by atoms with Gasteiger partial charge >= 0.3 is 0 Å². The molecule has 2 aliphatic rings. The number of nitrogens with one attached hydrogen (secondary N) is 1. The number of sulfonamides is 1. The van der Waals surface area contributed by atoms with Gasteiger partial charge in [-0.15, -0.1) is 11.3 Å². The number of hydrogen-bond donors (Lipinski definition) is 1. The highest BCUT2D eigenvalue weighted by Crippen LogP contribution is 2.36. The van der Waals surface area contributed by atoms with Gasteiger partial charge in [0.1, 0.15) is 0 Å². The molecule has 0 atom stereocenters. The smallest absolute Gasteiger partial charge is 0.257 e. The van der Waals surface area contributed by atoms with Crippen molar-refractivity contribution in [2.45, 2.75) is 81.6 Å². The Balaban J connectivity index is 1.20. The van der Waals surface area contributed by atoms with Crippen LogP contribution in [0.25, 0.3) is 0 Å². The number of amides is 1. The lowest BCUT2D eigenvalue weighted by molar-refractivity contribution is 0.0993. The maximum absolute atomic E-state index is 13.8. The standard InChI is InChI=1S/C36H39N3O4S2/c1-39(29-9-3-2-4-10-29)45(42,43)30-11-7-8-27(23-30)32(40)24-34-35(31-12-5-6-13-33(31)44-34)36(41)38-28-16-14-25(15-17-28)22-26-18-20-37-21-19-26/h7-8,11,14-21,23,29H,2-6,9-10,12-13,22,24H2,1H3,(H,38,41). The van der Waals surface area contributed by atoms with E-state index >= 15 is 0 Å². The summed E-state index contributed by atoms with van der Waals surface area (Å²) in [5, 5.41) is 3.07. The number of anilines is 1. The molecule has 4 aromatic rings. The second-order valence-corrected chi connectivity index (χ2v) is 15.3. The maximum atomic E-state index is 13.8. The number of ketones is 1. The zero-order valence-corrected chi connectivity index (χ0v) is 27.3. The van der Waals surface area contributed by atoms with Crippen LogP contribution in [0.5, 0.6) is 0 Å². The summed E-state index contributed by atoms with van der Waals surface area (Å²) in [6.45, 7) is 0. The summed E-state index contributed by atoms with van der Waals surface area (Å²) in [5.74, 6) is -0.398. The summed E-state index contributed by atoms with van der Waals surface area (Å²) in [5.41, 5.74) is 4.99. The van der Waals surface area contributed by atoms with Crippen LogP contribution >= 0.6 is 11.3 Å². The Hall–Kier alpha value is -3.66. The summed E-state index contributed by atoms with van der Waals surface area (Å²) in [4.78, 5) is 33.6. The molecule has 0 saturated heterocycles. The molecule has 1 N–H and O–H groups in total. The average Bonchev–Trinajstić information content (AvgIpc) is 3.44. The lowest BCUT2D eigenvalue weighted by Crippen LogP contribution is -2.38. The van der Waals surface area contributed by atoms with E-state index in [0.29, 0.717) is 16.8 Å². The van der Waals surface area contributed by atoms with Gasteiger partial charge in [0.15, 0.2) is 5.78 Å². The van der Waals surface area contributed by atoms with E-state index in [1.54, 1.807) is 49.0 Å². The van der Waals surface area contributed by atoms with Crippen LogP contribution in [-0.4, -0.2) is 42.5 Å². The largest absolute Gasteiger partial charge is 0.322 e. The third-order valence-corrected chi connectivity index (χ3v) is 12.3. The van der Waals surface area contributed by atoms with Gasteiger partial charge in [-0.25, -0.2) is 8.42 Å². The second-order valence-electron chi connectivity index (χ2n) is 12.1. The number of benzene rings is 2. The fraction of sp³-hybridized carbons (Fsp3) is 0.361. The minimum atomic E-state index is -3.73. The SMILES string of the molecule is CN(C1CCCCC1)S(=O)(=O)c1cccc(C(=O)Cc2sc3c(c2C(=O)Nc2ccc(Cc4ccncc4)cc2)CCCC3)c1. The first-order valence-electron chi connectivity index (χ1n) is 15.8. The molecule has 0 radical (unpaired) electrons. The molecule has 2 aromatic carbocycles. The summed E-state index contributed by atoms with van der Waals surface area (Å²) >= 11 is 1.55. The quantitative estimate of drug-likeness (QED) is 0.184. The molecule has 7 nitrogen and oxygen atoms in total. The number of aryl methyl sites for hydroxylation is 1. The molecule has 1 fully saturated rings. The second kappa shape index (κ2) is 13.8. The van der Waals surface area contributed by atoms with Crippen LogP contribution in [0, 0.1) is 0 Å². The molecule has 234 valence electrons. The van der Waals surface area contributed by atoms with Gasteiger partial charge in [0.2, 0.25) is 10.0 Å². The monoisotopic (exact) mass is 641 g/mol. The number of hydrogen-bond acceptors (Lipinski definition) is 6. The predicted molar refractivity (Wildman–Crippen MR) is 179 cm³/mol. The van der Waals surface area contributed by atoms with Gasteiger partial charge in [0.05, 0.1) is 10.5 Å². The molecular formula is C36H39N3O4S2. The lowest BCUT2D eigenvalue weighted by atomic mass is 9.93. The van der Waals surface area contributed by atoms with Crippen molar-refractivity contribution in [2.24, 2.45) is 0 Å². The molecule has 0 bridgehead atoms. The molecule has 0 spiro atoms. The minimum Gasteiger partial charge on any atom is -0.322 e. The molecule has 2 aliphatic carbocycles. The van der Waals surface area contributed by atoms with Crippen LogP contribution in [0.4, 0.5) is 5.69 Å². The molecule has 1 saturated carbocycles. The van der Waals surface area contributed by atoms with E-state index in [-0.39, 0.29) is 29.0 Å². The van der Waals surface area contributed by atoms with E-state index in [1.165, 1.54) is 20.8 Å². The summed E-state index contributed by atoms with van der Waals surface area (Å²) < 4.78 is 28.5. The molecule has 1 amide bonds. The molecule has 0 unspecified atom stereocenters. The van der Waals surface area contributed by atoms with E-state index in [2.05, 4.69) is 10.3 Å². The number of pyridine rings is 1. The molecule has 6 rings (SSSR count). The van der Waals surface area contributed by atoms with Gasteiger partial charge in [-0.2, -0.15) is 4.31 Å². The Morgan fingerprint density at radius 3 is 2.38 bits per heavy atom. The molecular weight excluding hydrogens is 603 g/mol. The van der Waals surface area contributed by atoms with E-state index in [9.17, 15) is 18.0 Å². The van der Waals surface area contributed by atoms with Gasteiger partial charge in [0.25, 0.3) is 5.91 Å². The highest BCUT2D eigenvalue weighted by atomic mass is 32.2. The van der Waals surface area contributed by atoms with Crippen LogP contribution in [0.15, 0.2) is 78.0 Å². The number of thiophene rings is 1. The van der Waals surface area contributed by atoms with Crippen LogP contribution in [0.1, 0.15) is 92.1 Å². The van der Waals surface area contributed by atoms with Crippen LogP contribution < -0.4 is 5.32 Å². The summed E-state index contributed by atoms with van der Waals surface area (Å²) in [6, 6.07) is 18.2. The molecule has 45 heavy (non-hydrogen) atoms. The zero-order chi connectivity index (χ0) is 31.4. The van der Waals surface area contributed by atoms with E-state index in [4.69, 9.17) is 0 Å². The van der Waals surface area contributed by atoms with Crippen molar-refractivity contribution in [3.63, 3.8) is 0 Å². The average molecular weight is 642 g/mol.